The van der Waals surface area contributed by atoms with Gasteiger partial charge in [0.25, 0.3) is 0 Å². The van der Waals surface area contributed by atoms with Crippen molar-refractivity contribution in [2.45, 2.75) is 25.5 Å². The summed E-state index contributed by atoms with van der Waals surface area (Å²) in [5.74, 6) is 5.53. The van der Waals surface area contributed by atoms with Gasteiger partial charge in [0.15, 0.2) is 0 Å². The Labute approximate surface area is 164 Å². The minimum Gasteiger partial charge on any atom is -0.484 e. The van der Waals surface area contributed by atoms with Gasteiger partial charge in [-0.3, -0.25) is 4.98 Å². The fourth-order valence-corrected chi connectivity index (χ4v) is 2.61. The standard InChI is InChI=1S/C21H20N2O3S/c1-5-9-25-14-21(4,13-24)23-20(27)15(3)26-18-7-8-19-17(11-18)10-16(6-2)12-22-19/h1-2,7-8,10-13,15H,9,14H2,3-4H3,(H,23,27). The average Bonchev–Trinajstić information content (AvgIpc) is 2.67. The molecule has 1 aromatic carbocycles. The van der Waals surface area contributed by atoms with E-state index in [0.29, 0.717) is 16.3 Å². The van der Waals surface area contributed by atoms with Crippen molar-refractivity contribution in [2.75, 3.05) is 13.2 Å². The van der Waals surface area contributed by atoms with Gasteiger partial charge in [-0.05, 0) is 38.1 Å². The van der Waals surface area contributed by atoms with Gasteiger partial charge in [-0.25, -0.2) is 0 Å². The molecule has 0 aliphatic heterocycles. The molecule has 1 heterocycles. The van der Waals surface area contributed by atoms with Crippen molar-refractivity contribution in [3.05, 3.63) is 36.0 Å². The van der Waals surface area contributed by atoms with E-state index in [1.165, 1.54) is 0 Å². The predicted molar refractivity (Wildman–Crippen MR) is 110 cm³/mol. The molecule has 2 unspecified atom stereocenters. The highest BCUT2D eigenvalue weighted by Gasteiger charge is 2.27. The lowest BCUT2D eigenvalue weighted by molar-refractivity contribution is -0.114. The van der Waals surface area contributed by atoms with Crippen LogP contribution in [0.2, 0.25) is 0 Å². The summed E-state index contributed by atoms with van der Waals surface area (Å²) in [6.45, 7) is 3.69. The molecule has 1 N–H and O–H groups in total. The number of carbonyl (C=O) groups excluding carboxylic acids is 1. The topological polar surface area (TPSA) is 60.5 Å². The van der Waals surface area contributed by atoms with Crippen LogP contribution in [0.25, 0.3) is 10.9 Å². The number of aromatic nitrogens is 1. The molecule has 0 spiro atoms. The normalized spacial score (nSPS) is 13.6. The number of thiocarbonyl (C=S) groups is 1. The van der Waals surface area contributed by atoms with E-state index in [1.54, 1.807) is 26.1 Å². The molecule has 27 heavy (non-hydrogen) atoms. The van der Waals surface area contributed by atoms with Crippen LogP contribution in [0, 0.1) is 24.7 Å². The SMILES string of the molecule is C#CCOCC(C)(C=O)NC(=S)C(C)Oc1ccc2ncc(C#C)cc2c1. The van der Waals surface area contributed by atoms with Crippen molar-refractivity contribution in [1.29, 1.82) is 0 Å². The van der Waals surface area contributed by atoms with Crippen molar-refractivity contribution in [3.63, 3.8) is 0 Å². The summed E-state index contributed by atoms with van der Waals surface area (Å²) in [5.41, 5.74) is 0.521. The third-order valence-corrected chi connectivity index (χ3v) is 4.19. The Kier molecular flexibility index (Phi) is 6.90. The van der Waals surface area contributed by atoms with Gasteiger partial charge in [-0.1, -0.05) is 24.1 Å². The molecule has 0 bridgehead atoms. The first kappa shape index (κ1) is 20.4. The quantitative estimate of drug-likeness (QED) is 0.329. The number of hydrogen-bond acceptors (Lipinski definition) is 5. The lowest BCUT2D eigenvalue weighted by Gasteiger charge is -2.28. The highest BCUT2D eigenvalue weighted by atomic mass is 32.1. The molecule has 0 fully saturated rings. The molecular weight excluding hydrogens is 360 g/mol. The molecule has 138 valence electrons. The first-order chi connectivity index (χ1) is 12.9. The molecular formula is C21H20N2O3S. The van der Waals surface area contributed by atoms with Crippen LogP contribution in [0.1, 0.15) is 19.4 Å². The van der Waals surface area contributed by atoms with Gasteiger partial charge in [0.1, 0.15) is 35.3 Å². The number of hydrogen-bond donors (Lipinski definition) is 1. The van der Waals surface area contributed by atoms with Crippen LogP contribution in [0.15, 0.2) is 30.5 Å². The van der Waals surface area contributed by atoms with Gasteiger partial charge >= 0.3 is 0 Å². The predicted octanol–water partition coefficient (Wildman–Crippen LogP) is 2.51. The Hall–Kier alpha value is -2.93. The first-order valence-electron chi connectivity index (χ1n) is 8.23. The third kappa shape index (κ3) is 5.52. The first-order valence-corrected chi connectivity index (χ1v) is 8.64. The minimum atomic E-state index is -0.986. The lowest BCUT2D eigenvalue weighted by atomic mass is 10.1. The average molecular weight is 380 g/mol. The molecule has 2 atom stereocenters. The van der Waals surface area contributed by atoms with Gasteiger partial charge in [0, 0.05) is 17.1 Å². The number of aldehydes is 1. The van der Waals surface area contributed by atoms with Crippen LogP contribution >= 0.6 is 12.2 Å². The fourth-order valence-electron chi connectivity index (χ4n) is 2.32. The van der Waals surface area contributed by atoms with Gasteiger partial charge in [0.2, 0.25) is 0 Å². The van der Waals surface area contributed by atoms with Crippen molar-refractivity contribution in [2.24, 2.45) is 0 Å². The highest BCUT2D eigenvalue weighted by Crippen LogP contribution is 2.21. The summed E-state index contributed by atoms with van der Waals surface area (Å²) in [6, 6.07) is 7.36. The van der Waals surface area contributed by atoms with E-state index < -0.39 is 11.6 Å². The summed E-state index contributed by atoms with van der Waals surface area (Å²) >= 11 is 5.37. The van der Waals surface area contributed by atoms with Crippen LogP contribution in [0.3, 0.4) is 0 Å². The molecule has 0 amide bonds. The minimum absolute atomic E-state index is 0.101. The summed E-state index contributed by atoms with van der Waals surface area (Å²) in [5, 5.41) is 3.85. The summed E-state index contributed by atoms with van der Waals surface area (Å²) in [6.07, 6.45) is 12.5. The third-order valence-electron chi connectivity index (χ3n) is 3.76. The zero-order chi connectivity index (χ0) is 19.9. The van der Waals surface area contributed by atoms with Crippen molar-refractivity contribution >= 4 is 34.4 Å². The summed E-state index contributed by atoms with van der Waals surface area (Å²) in [4.78, 5) is 16.1. The zero-order valence-electron chi connectivity index (χ0n) is 15.2. The van der Waals surface area contributed by atoms with Crippen molar-refractivity contribution in [3.8, 4) is 30.4 Å². The number of pyridine rings is 1. The number of terminal acetylenes is 2. The Morgan fingerprint density at radius 1 is 1.44 bits per heavy atom. The largest absolute Gasteiger partial charge is 0.484 e. The van der Waals surface area contributed by atoms with E-state index in [0.717, 1.165) is 17.2 Å². The Bertz CT molecular complexity index is 929. The molecule has 0 aliphatic rings. The number of nitrogens with zero attached hydrogens (tertiary/aromatic N) is 1. The van der Waals surface area contributed by atoms with Crippen LogP contribution in [-0.2, 0) is 9.53 Å². The Morgan fingerprint density at radius 3 is 2.89 bits per heavy atom. The lowest BCUT2D eigenvalue weighted by Crippen LogP contribution is -2.53. The van der Waals surface area contributed by atoms with Crippen LogP contribution in [0.5, 0.6) is 5.75 Å². The highest BCUT2D eigenvalue weighted by molar-refractivity contribution is 7.80. The Morgan fingerprint density at radius 2 is 2.22 bits per heavy atom. The Balaban J connectivity index is 2.07. The van der Waals surface area contributed by atoms with Crippen molar-refractivity contribution in [1.82, 2.24) is 10.3 Å². The molecule has 2 aromatic rings. The van der Waals surface area contributed by atoms with Crippen molar-refractivity contribution < 1.29 is 14.3 Å². The van der Waals surface area contributed by atoms with E-state index in [1.807, 2.05) is 18.2 Å². The summed E-state index contributed by atoms with van der Waals surface area (Å²) in [7, 11) is 0. The number of fused-ring (bicyclic) bond motifs is 1. The maximum atomic E-state index is 11.4. The monoisotopic (exact) mass is 380 g/mol. The number of rotatable bonds is 8. The van der Waals surface area contributed by atoms with Crippen LogP contribution in [-0.4, -0.2) is 41.1 Å². The second-order valence-corrected chi connectivity index (χ2v) is 6.64. The van der Waals surface area contributed by atoms with E-state index in [-0.39, 0.29) is 13.2 Å². The number of nitrogens with one attached hydrogen (secondary N) is 1. The van der Waals surface area contributed by atoms with E-state index in [2.05, 4.69) is 22.1 Å². The second-order valence-electron chi connectivity index (χ2n) is 6.20. The van der Waals surface area contributed by atoms with Crippen LogP contribution in [0.4, 0.5) is 0 Å². The number of ether oxygens (including phenoxy) is 2. The number of benzene rings is 1. The molecule has 5 nitrogen and oxygen atoms in total. The smallest absolute Gasteiger partial charge is 0.147 e. The summed E-state index contributed by atoms with van der Waals surface area (Å²) < 4.78 is 11.2. The molecule has 1 aromatic heterocycles. The van der Waals surface area contributed by atoms with Gasteiger partial charge in [-0.2, -0.15) is 0 Å². The maximum Gasteiger partial charge on any atom is 0.147 e. The molecule has 0 aliphatic carbocycles. The second kappa shape index (κ2) is 9.14. The molecule has 0 radical (unpaired) electrons. The van der Waals surface area contributed by atoms with Crippen LogP contribution < -0.4 is 10.1 Å². The van der Waals surface area contributed by atoms with Gasteiger partial charge in [-0.15, -0.1) is 12.8 Å². The van der Waals surface area contributed by atoms with E-state index in [4.69, 9.17) is 34.5 Å². The van der Waals surface area contributed by atoms with E-state index >= 15 is 0 Å². The molecule has 0 saturated heterocycles. The molecule has 0 saturated carbocycles. The van der Waals surface area contributed by atoms with E-state index in [9.17, 15) is 4.79 Å². The molecule has 2 rings (SSSR count). The van der Waals surface area contributed by atoms with Gasteiger partial charge in [0.05, 0.1) is 12.1 Å². The number of carbonyl (C=O) groups is 1. The zero-order valence-corrected chi connectivity index (χ0v) is 16.0. The molecule has 6 heteroatoms. The fraction of sp³-hybridized carbons (Fsp3) is 0.286. The van der Waals surface area contributed by atoms with Gasteiger partial charge < -0.3 is 19.6 Å². The maximum absolute atomic E-state index is 11.4.